The van der Waals surface area contributed by atoms with E-state index >= 15 is 8.78 Å². The van der Waals surface area contributed by atoms with Crippen molar-refractivity contribution in [2.75, 3.05) is 59.3 Å². The zero-order valence-corrected chi connectivity index (χ0v) is 32.6. The molecule has 2 N–H and O–H groups in total. The van der Waals surface area contributed by atoms with Gasteiger partial charge in [-0.05, 0) is 44.0 Å². The normalized spacial score (nSPS) is 17.3. The summed E-state index contributed by atoms with van der Waals surface area (Å²) in [6.07, 6.45) is 5.59. The third-order valence-corrected chi connectivity index (χ3v) is 12.0. The minimum Gasteiger partial charge on any atom is -0.383 e. The van der Waals surface area contributed by atoms with E-state index in [9.17, 15) is 18.4 Å². The number of hydrogen-bond acceptors (Lipinski definition) is 6. The predicted molar refractivity (Wildman–Crippen MR) is 202 cm³/mol. The molecule has 290 valence electrons. The molecule has 2 aliphatic rings. The van der Waals surface area contributed by atoms with Crippen molar-refractivity contribution in [3.8, 4) is 22.4 Å². The standard InChI is InChI=1S/C37H45ClF2N8O5S/c1-23-30(21-42-46(23)16-19-53-5)27-8-9-29(34(40)33(27)39)32-22-41-35(44(32)2)36(49)43-24-6-7-28(31(38)20-24)37(50)45-14-10-25(11-15-45)47(54(51)52)26-12-17-48(3,4)18-13-26/h6-9,20-22,25-26H,10-19H2,1-5H3,(H-,43,49,50,51,52)/p+1. The van der Waals surface area contributed by atoms with Crippen LogP contribution in [0.1, 0.15) is 52.4 Å². The molecule has 2 fully saturated rings. The number of methoxy groups -OCH3 is 1. The van der Waals surface area contributed by atoms with Crippen molar-refractivity contribution in [3.05, 3.63) is 76.5 Å². The molecule has 0 spiro atoms. The lowest BCUT2D eigenvalue weighted by molar-refractivity contribution is -0.895. The molecule has 54 heavy (non-hydrogen) atoms. The predicted octanol–water partition coefficient (Wildman–Crippen LogP) is 5.37. The Kier molecular flexibility index (Phi) is 12.0. The maximum atomic E-state index is 15.5. The molecule has 0 bridgehead atoms. The maximum Gasteiger partial charge on any atom is 0.291 e. The van der Waals surface area contributed by atoms with Gasteiger partial charge in [0.1, 0.15) is 0 Å². The molecule has 13 nitrogen and oxygen atoms in total. The van der Waals surface area contributed by atoms with Gasteiger partial charge in [0.25, 0.3) is 11.8 Å². The lowest BCUT2D eigenvalue weighted by Crippen LogP contribution is -2.56. The molecular formula is C37H46ClF2N8O5S+. The Labute approximate surface area is 320 Å². The van der Waals surface area contributed by atoms with E-state index in [2.05, 4.69) is 29.5 Å². The van der Waals surface area contributed by atoms with E-state index < -0.39 is 28.8 Å². The summed E-state index contributed by atoms with van der Waals surface area (Å²) in [6, 6.07) is 7.39. The van der Waals surface area contributed by atoms with Gasteiger partial charge >= 0.3 is 0 Å². The minimum absolute atomic E-state index is 0.0259. The molecule has 4 aromatic rings. The zero-order valence-electron chi connectivity index (χ0n) is 31.0. The van der Waals surface area contributed by atoms with Crippen LogP contribution >= 0.6 is 11.6 Å². The highest BCUT2D eigenvalue weighted by atomic mass is 35.5. The molecule has 0 aliphatic carbocycles. The van der Waals surface area contributed by atoms with Gasteiger partial charge in [0, 0.05) is 80.2 Å². The second kappa shape index (κ2) is 16.4. The first kappa shape index (κ1) is 39.6. The van der Waals surface area contributed by atoms with Crippen molar-refractivity contribution in [3.63, 3.8) is 0 Å². The summed E-state index contributed by atoms with van der Waals surface area (Å²) < 4.78 is 64.3. The molecule has 1 atom stereocenters. The Morgan fingerprint density at radius 2 is 1.69 bits per heavy atom. The van der Waals surface area contributed by atoms with Crippen molar-refractivity contribution in [2.45, 2.75) is 51.2 Å². The van der Waals surface area contributed by atoms with Crippen molar-refractivity contribution >= 4 is 40.4 Å². The molecule has 2 amide bonds. The van der Waals surface area contributed by atoms with E-state index in [0.29, 0.717) is 56.0 Å². The molecule has 1 unspecified atom stereocenters. The van der Waals surface area contributed by atoms with Crippen LogP contribution in [0.3, 0.4) is 0 Å². The lowest BCUT2D eigenvalue weighted by atomic mass is 9.98. The van der Waals surface area contributed by atoms with Crippen molar-refractivity contribution in [1.29, 1.82) is 0 Å². The number of nitrogens with zero attached hydrogens (tertiary/aromatic N) is 7. The lowest BCUT2D eigenvalue weighted by Gasteiger charge is -2.44. The Morgan fingerprint density at radius 1 is 1.04 bits per heavy atom. The number of carbonyl (C=O) groups excluding carboxylic acids is 2. The first-order valence-corrected chi connectivity index (χ1v) is 19.3. The SMILES string of the molecule is COCCn1ncc(-c2ccc(-c3cnc(C(=O)Nc4ccc(C(=O)N5CCC(N(C6CC[N+](C)(C)CC6)S(=O)O)CC5)c(Cl)c4)n3C)c(F)c2F)c1C. The van der Waals surface area contributed by atoms with Crippen LogP contribution in [0.15, 0.2) is 42.7 Å². The zero-order chi connectivity index (χ0) is 38.9. The first-order chi connectivity index (χ1) is 25.7. The number of aromatic nitrogens is 4. The van der Waals surface area contributed by atoms with Gasteiger partial charge in [0.05, 0.1) is 69.0 Å². The van der Waals surface area contributed by atoms with E-state index in [1.165, 1.54) is 48.3 Å². The number of amides is 2. The third-order valence-electron chi connectivity index (χ3n) is 10.7. The fraction of sp³-hybridized carbons (Fsp3) is 0.459. The molecule has 6 rings (SSSR count). The van der Waals surface area contributed by atoms with Gasteiger partial charge in [-0.15, -0.1) is 0 Å². The van der Waals surface area contributed by atoms with Crippen LogP contribution in [0.4, 0.5) is 14.5 Å². The number of imidazole rings is 1. The van der Waals surface area contributed by atoms with Gasteiger partial charge in [-0.25, -0.2) is 18.0 Å². The van der Waals surface area contributed by atoms with Gasteiger partial charge in [0.15, 0.2) is 17.5 Å². The van der Waals surface area contributed by atoms with Crippen molar-refractivity contribution in [1.82, 2.24) is 28.5 Å². The molecule has 2 aromatic heterocycles. The quantitative estimate of drug-likeness (QED) is 0.154. The highest BCUT2D eigenvalue weighted by Crippen LogP contribution is 2.34. The molecular weight excluding hydrogens is 742 g/mol. The van der Waals surface area contributed by atoms with Crippen LogP contribution in [0.25, 0.3) is 22.4 Å². The number of carbonyl (C=O) groups is 2. The highest BCUT2D eigenvalue weighted by Gasteiger charge is 2.38. The Hall–Kier alpha value is -4.06. The molecule has 17 heteroatoms. The third kappa shape index (κ3) is 8.14. The van der Waals surface area contributed by atoms with Crippen molar-refractivity contribution < 1.29 is 36.4 Å². The van der Waals surface area contributed by atoms with Gasteiger partial charge in [-0.2, -0.15) is 9.40 Å². The second-order valence-corrected chi connectivity index (χ2v) is 15.8. The number of benzene rings is 2. The van der Waals surface area contributed by atoms with Crippen LogP contribution in [-0.4, -0.2) is 120 Å². The topological polar surface area (TPSA) is 135 Å². The molecule has 2 aromatic carbocycles. The number of nitrogens with one attached hydrogen (secondary N) is 1. The van der Waals surface area contributed by atoms with Crippen LogP contribution in [0.5, 0.6) is 0 Å². The number of rotatable bonds is 11. The van der Waals surface area contributed by atoms with Crippen LogP contribution in [0.2, 0.25) is 5.02 Å². The number of halogens is 3. The average molecular weight is 788 g/mol. The minimum atomic E-state index is -2.10. The van der Waals surface area contributed by atoms with E-state index in [1.54, 1.807) is 34.0 Å². The first-order valence-electron chi connectivity index (χ1n) is 17.8. The Balaban J connectivity index is 1.09. The Morgan fingerprint density at radius 3 is 2.33 bits per heavy atom. The molecule has 2 aliphatic heterocycles. The van der Waals surface area contributed by atoms with E-state index in [-0.39, 0.29) is 51.2 Å². The monoisotopic (exact) mass is 787 g/mol. The van der Waals surface area contributed by atoms with E-state index in [4.69, 9.17) is 16.3 Å². The summed E-state index contributed by atoms with van der Waals surface area (Å²) >= 11 is 4.46. The fourth-order valence-electron chi connectivity index (χ4n) is 7.45. The molecule has 0 saturated carbocycles. The summed E-state index contributed by atoms with van der Waals surface area (Å²) in [7, 11) is 7.43. The van der Waals surface area contributed by atoms with E-state index in [1.807, 2.05) is 0 Å². The number of ether oxygens (including phenoxy) is 1. The highest BCUT2D eigenvalue weighted by molar-refractivity contribution is 7.76. The summed E-state index contributed by atoms with van der Waals surface area (Å²) in [5.41, 5.74) is 1.87. The summed E-state index contributed by atoms with van der Waals surface area (Å²) in [4.78, 5) is 32.7. The van der Waals surface area contributed by atoms with Gasteiger partial charge in [-0.3, -0.25) is 18.8 Å². The summed E-state index contributed by atoms with van der Waals surface area (Å²) in [5, 5.41) is 7.12. The number of likely N-dealkylation sites (tertiary alicyclic amines) is 2. The number of hydrogen-bond donors (Lipinski definition) is 2. The molecule has 2 saturated heterocycles. The molecule has 0 radical (unpaired) electrons. The number of piperidine rings is 2. The molecule has 4 heterocycles. The summed E-state index contributed by atoms with van der Waals surface area (Å²) in [6.45, 7) is 5.36. The summed E-state index contributed by atoms with van der Waals surface area (Å²) in [5.74, 6) is -3.08. The Bertz CT molecular complexity index is 2060. The van der Waals surface area contributed by atoms with Gasteiger partial charge in [0.2, 0.25) is 11.3 Å². The van der Waals surface area contributed by atoms with Crippen LogP contribution < -0.4 is 5.32 Å². The number of quaternary nitrogens is 1. The maximum absolute atomic E-state index is 15.5. The van der Waals surface area contributed by atoms with Crippen LogP contribution in [0, 0.1) is 18.6 Å². The largest absolute Gasteiger partial charge is 0.383 e. The smallest absolute Gasteiger partial charge is 0.291 e. The van der Waals surface area contributed by atoms with Gasteiger partial charge in [-0.1, -0.05) is 17.7 Å². The van der Waals surface area contributed by atoms with E-state index in [0.717, 1.165) is 30.4 Å². The number of anilines is 1. The van der Waals surface area contributed by atoms with Crippen molar-refractivity contribution in [2.24, 2.45) is 7.05 Å². The van der Waals surface area contributed by atoms with Gasteiger partial charge < -0.3 is 24.0 Å². The second-order valence-electron chi connectivity index (χ2n) is 14.6. The fourth-order valence-corrected chi connectivity index (χ4v) is 8.64. The van der Waals surface area contributed by atoms with Crippen LogP contribution in [-0.2, 0) is 29.6 Å². The average Bonchev–Trinajstić information content (AvgIpc) is 3.70.